The summed E-state index contributed by atoms with van der Waals surface area (Å²) < 4.78 is 5.37. The fourth-order valence-corrected chi connectivity index (χ4v) is 2.06. The Bertz CT molecular complexity index is 416. The van der Waals surface area contributed by atoms with Gasteiger partial charge in [-0.1, -0.05) is 12.1 Å². The highest BCUT2D eigenvalue weighted by Gasteiger charge is 2.26. The van der Waals surface area contributed by atoms with Crippen LogP contribution >= 0.6 is 0 Å². The van der Waals surface area contributed by atoms with Crippen molar-refractivity contribution < 1.29 is 4.74 Å². The van der Waals surface area contributed by atoms with Gasteiger partial charge in [0.05, 0.1) is 11.6 Å². The lowest BCUT2D eigenvalue weighted by atomic mass is 9.92. The molecule has 1 aromatic rings. The SMILES string of the molecule is CC1(NCc2cccc(C#N)c2)CCOCC1. The molecule has 90 valence electrons. The Kier molecular flexibility index (Phi) is 3.78. The predicted molar refractivity (Wildman–Crippen MR) is 66.5 cm³/mol. The molecule has 3 heteroatoms. The first-order chi connectivity index (χ1) is 8.22. The highest BCUT2D eigenvalue weighted by atomic mass is 16.5. The lowest BCUT2D eigenvalue weighted by Gasteiger charge is -2.34. The van der Waals surface area contributed by atoms with Crippen LogP contribution in [0.2, 0.25) is 0 Å². The normalized spacial score (nSPS) is 18.6. The average molecular weight is 230 g/mol. The van der Waals surface area contributed by atoms with E-state index in [1.54, 1.807) is 0 Å². The number of hydrogen-bond donors (Lipinski definition) is 1. The zero-order valence-electron chi connectivity index (χ0n) is 10.2. The van der Waals surface area contributed by atoms with Crippen LogP contribution in [0.1, 0.15) is 30.9 Å². The van der Waals surface area contributed by atoms with Crippen LogP contribution in [-0.2, 0) is 11.3 Å². The van der Waals surface area contributed by atoms with Crippen LogP contribution in [0.3, 0.4) is 0 Å². The zero-order chi connectivity index (χ0) is 12.1. The van der Waals surface area contributed by atoms with Crippen LogP contribution in [0.25, 0.3) is 0 Å². The molecule has 17 heavy (non-hydrogen) atoms. The Hall–Kier alpha value is -1.37. The third-order valence-corrected chi connectivity index (χ3v) is 3.37. The second-order valence-corrected chi connectivity index (χ2v) is 4.84. The van der Waals surface area contributed by atoms with E-state index >= 15 is 0 Å². The highest BCUT2D eigenvalue weighted by molar-refractivity contribution is 5.32. The smallest absolute Gasteiger partial charge is 0.0991 e. The summed E-state index contributed by atoms with van der Waals surface area (Å²) in [6.45, 7) is 4.72. The van der Waals surface area contributed by atoms with Gasteiger partial charge in [-0.3, -0.25) is 0 Å². The van der Waals surface area contributed by atoms with E-state index in [0.717, 1.165) is 43.7 Å². The van der Waals surface area contributed by atoms with E-state index in [9.17, 15) is 0 Å². The molecule has 0 atom stereocenters. The molecular formula is C14H18N2O. The van der Waals surface area contributed by atoms with Crippen LogP contribution in [0.5, 0.6) is 0 Å². The molecular weight excluding hydrogens is 212 g/mol. The summed E-state index contributed by atoms with van der Waals surface area (Å²) in [7, 11) is 0. The van der Waals surface area contributed by atoms with E-state index < -0.39 is 0 Å². The van der Waals surface area contributed by atoms with E-state index in [0.29, 0.717) is 0 Å². The molecule has 3 nitrogen and oxygen atoms in total. The quantitative estimate of drug-likeness (QED) is 0.866. The van der Waals surface area contributed by atoms with Gasteiger partial charge in [0.2, 0.25) is 0 Å². The fourth-order valence-electron chi connectivity index (χ4n) is 2.06. The number of hydrogen-bond acceptors (Lipinski definition) is 3. The Morgan fingerprint density at radius 1 is 1.41 bits per heavy atom. The van der Waals surface area contributed by atoms with Crippen LogP contribution in [-0.4, -0.2) is 18.8 Å². The average Bonchev–Trinajstić information content (AvgIpc) is 2.38. The molecule has 1 aromatic carbocycles. The number of rotatable bonds is 3. The first-order valence-corrected chi connectivity index (χ1v) is 6.04. The van der Waals surface area contributed by atoms with Gasteiger partial charge in [-0.25, -0.2) is 0 Å². The molecule has 1 saturated heterocycles. The number of nitrogens with one attached hydrogen (secondary N) is 1. The molecule has 0 unspecified atom stereocenters. The molecule has 0 amide bonds. The summed E-state index contributed by atoms with van der Waals surface area (Å²) in [5.41, 5.74) is 2.05. The highest BCUT2D eigenvalue weighted by Crippen LogP contribution is 2.20. The maximum Gasteiger partial charge on any atom is 0.0991 e. The van der Waals surface area contributed by atoms with Crippen molar-refractivity contribution in [1.82, 2.24) is 5.32 Å². The second-order valence-electron chi connectivity index (χ2n) is 4.84. The molecule has 1 heterocycles. The standard InChI is InChI=1S/C14H18N2O/c1-14(5-7-17-8-6-14)16-11-13-4-2-3-12(9-13)10-15/h2-4,9,16H,5-8,11H2,1H3. The minimum absolute atomic E-state index is 0.168. The van der Waals surface area contributed by atoms with Gasteiger partial charge < -0.3 is 10.1 Å². The Balaban J connectivity index is 1.95. The van der Waals surface area contributed by atoms with Crippen molar-refractivity contribution in [3.63, 3.8) is 0 Å². The van der Waals surface area contributed by atoms with Crippen LogP contribution in [0.4, 0.5) is 0 Å². The molecule has 0 bridgehead atoms. The monoisotopic (exact) mass is 230 g/mol. The third-order valence-electron chi connectivity index (χ3n) is 3.37. The maximum atomic E-state index is 8.84. The molecule has 0 aromatic heterocycles. The number of ether oxygens (including phenoxy) is 1. The first-order valence-electron chi connectivity index (χ1n) is 6.04. The van der Waals surface area contributed by atoms with Crippen LogP contribution in [0.15, 0.2) is 24.3 Å². The molecule has 1 fully saturated rings. The summed E-state index contributed by atoms with van der Waals surface area (Å²) in [6.07, 6.45) is 2.09. The third kappa shape index (κ3) is 3.29. The minimum Gasteiger partial charge on any atom is -0.381 e. The van der Waals surface area contributed by atoms with E-state index in [1.807, 2.05) is 18.2 Å². The van der Waals surface area contributed by atoms with Crippen molar-refractivity contribution in [1.29, 1.82) is 5.26 Å². The Morgan fingerprint density at radius 2 is 2.18 bits per heavy atom. The van der Waals surface area contributed by atoms with Gasteiger partial charge in [-0.15, -0.1) is 0 Å². The van der Waals surface area contributed by atoms with Gasteiger partial charge in [-0.05, 0) is 37.5 Å². The molecule has 0 saturated carbocycles. The fraction of sp³-hybridized carbons (Fsp3) is 0.500. The summed E-state index contributed by atoms with van der Waals surface area (Å²) in [4.78, 5) is 0. The van der Waals surface area contributed by atoms with Gasteiger partial charge >= 0.3 is 0 Å². The lowest BCUT2D eigenvalue weighted by Crippen LogP contribution is -2.46. The second kappa shape index (κ2) is 5.31. The topological polar surface area (TPSA) is 45.0 Å². The molecule has 2 rings (SSSR count). The van der Waals surface area contributed by atoms with Crippen molar-refractivity contribution in [3.05, 3.63) is 35.4 Å². The van der Waals surface area contributed by atoms with Crippen LogP contribution in [0, 0.1) is 11.3 Å². The minimum atomic E-state index is 0.168. The van der Waals surface area contributed by atoms with Crippen LogP contribution < -0.4 is 5.32 Å². The van der Waals surface area contributed by atoms with Crippen molar-refractivity contribution in [2.45, 2.75) is 31.8 Å². The molecule has 0 spiro atoms. The van der Waals surface area contributed by atoms with E-state index in [-0.39, 0.29) is 5.54 Å². The Morgan fingerprint density at radius 3 is 2.88 bits per heavy atom. The summed E-state index contributed by atoms with van der Waals surface area (Å²) in [5, 5.41) is 12.4. The Labute approximate surface area is 102 Å². The van der Waals surface area contributed by atoms with Crippen molar-refractivity contribution in [3.8, 4) is 6.07 Å². The maximum absolute atomic E-state index is 8.84. The predicted octanol–water partition coefficient (Wildman–Crippen LogP) is 2.22. The van der Waals surface area contributed by atoms with Crippen molar-refractivity contribution >= 4 is 0 Å². The molecule has 1 aliphatic heterocycles. The van der Waals surface area contributed by atoms with Crippen molar-refractivity contribution in [2.75, 3.05) is 13.2 Å². The number of benzene rings is 1. The summed E-state index contributed by atoms with van der Waals surface area (Å²) in [6, 6.07) is 9.92. The number of nitrogens with zero attached hydrogens (tertiary/aromatic N) is 1. The van der Waals surface area contributed by atoms with E-state index in [1.165, 1.54) is 0 Å². The summed E-state index contributed by atoms with van der Waals surface area (Å²) >= 11 is 0. The lowest BCUT2D eigenvalue weighted by molar-refractivity contribution is 0.0446. The van der Waals surface area contributed by atoms with E-state index in [4.69, 9.17) is 10.00 Å². The van der Waals surface area contributed by atoms with Gasteiger partial charge in [0.25, 0.3) is 0 Å². The molecule has 1 aliphatic rings. The van der Waals surface area contributed by atoms with Gasteiger partial charge in [0.1, 0.15) is 0 Å². The molecule has 0 aliphatic carbocycles. The van der Waals surface area contributed by atoms with Crippen molar-refractivity contribution in [2.24, 2.45) is 0 Å². The number of nitriles is 1. The first kappa shape index (κ1) is 12.1. The van der Waals surface area contributed by atoms with Gasteiger partial charge in [-0.2, -0.15) is 5.26 Å². The largest absolute Gasteiger partial charge is 0.381 e. The van der Waals surface area contributed by atoms with E-state index in [2.05, 4.69) is 24.4 Å². The molecule has 1 N–H and O–H groups in total. The summed E-state index contributed by atoms with van der Waals surface area (Å²) in [5.74, 6) is 0. The molecule has 0 radical (unpaired) electrons. The zero-order valence-corrected chi connectivity index (χ0v) is 10.2. The van der Waals surface area contributed by atoms with Gasteiger partial charge in [0.15, 0.2) is 0 Å². The van der Waals surface area contributed by atoms with Gasteiger partial charge in [0, 0.05) is 25.3 Å².